The van der Waals surface area contributed by atoms with Crippen molar-refractivity contribution in [3.05, 3.63) is 24.3 Å². The van der Waals surface area contributed by atoms with Gasteiger partial charge in [-0.3, -0.25) is 4.79 Å². The number of sulfonamides is 1. The summed E-state index contributed by atoms with van der Waals surface area (Å²) in [5.74, 6) is -0.118. The fraction of sp³-hybridized carbons (Fsp3) is 0.500. The van der Waals surface area contributed by atoms with Gasteiger partial charge < -0.3 is 10.6 Å². The minimum Gasteiger partial charge on any atom is -0.376 e. The summed E-state index contributed by atoms with van der Waals surface area (Å²) in [5, 5.41) is 5.79. The van der Waals surface area contributed by atoms with Crippen LogP contribution in [0.1, 0.15) is 20.8 Å². The molecule has 0 unspecified atom stereocenters. The van der Waals surface area contributed by atoms with E-state index < -0.39 is 10.0 Å². The summed E-state index contributed by atoms with van der Waals surface area (Å²) in [7, 11) is -0.454. The monoisotopic (exact) mass is 313 g/mol. The van der Waals surface area contributed by atoms with Crippen LogP contribution in [-0.4, -0.2) is 44.8 Å². The maximum absolute atomic E-state index is 11.9. The van der Waals surface area contributed by atoms with Crippen LogP contribution < -0.4 is 10.6 Å². The average molecular weight is 313 g/mol. The summed E-state index contributed by atoms with van der Waals surface area (Å²) in [4.78, 5) is 11.9. The van der Waals surface area contributed by atoms with Crippen LogP contribution in [0.5, 0.6) is 0 Å². The van der Waals surface area contributed by atoms with Gasteiger partial charge in [-0.15, -0.1) is 0 Å². The summed E-state index contributed by atoms with van der Waals surface area (Å²) >= 11 is 0. The Bertz CT molecular complexity index is 587. The Labute approximate surface area is 126 Å². The van der Waals surface area contributed by atoms with E-state index in [2.05, 4.69) is 10.6 Å². The average Bonchev–Trinajstić information content (AvgIpc) is 2.34. The molecule has 0 atom stereocenters. The highest BCUT2D eigenvalue weighted by Gasteiger charge is 2.17. The van der Waals surface area contributed by atoms with Crippen molar-refractivity contribution in [2.45, 2.75) is 31.2 Å². The first kappa shape index (κ1) is 17.5. The third kappa shape index (κ3) is 5.35. The second kappa shape index (κ2) is 6.44. The quantitative estimate of drug-likeness (QED) is 0.858. The molecule has 1 amide bonds. The van der Waals surface area contributed by atoms with Crippen molar-refractivity contribution < 1.29 is 13.2 Å². The number of carbonyl (C=O) groups excluding carboxylic acids is 1. The van der Waals surface area contributed by atoms with Crippen LogP contribution in [0.2, 0.25) is 0 Å². The SMILES string of the molecule is CN(C)S(=O)(=O)c1ccc(NCC(=O)NC(C)(C)C)cc1. The molecule has 0 fully saturated rings. The largest absolute Gasteiger partial charge is 0.376 e. The molecule has 1 rings (SSSR count). The molecule has 0 heterocycles. The van der Waals surface area contributed by atoms with Crippen LogP contribution in [-0.2, 0) is 14.8 Å². The van der Waals surface area contributed by atoms with Crippen molar-refractivity contribution in [3.63, 3.8) is 0 Å². The van der Waals surface area contributed by atoms with Crippen molar-refractivity contribution in [3.8, 4) is 0 Å². The highest BCUT2D eigenvalue weighted by molar-refractivity contribution is 7.89. The van der Waals surface area contributed by atoms with Crippen LogP contribution in [0, 0.1) is 0 Å². The Morgan fingerprint density at radius 2 is 1.67 bits per heavy atom. The number of nitrogens with zero attached hydrogens (tertiary/aromatic N) is 1. The van der Waals surface area contributed by atoms with Gasteiger partial charge >= 0.3 is 0 Å². The number of hydrogen-bond acceptors (Lipinski definition) is 4. The van der Waals surface area contributed by atoms with Crippen molar-refractivity contribution in [2.24, 2.45) is 0 Å². The normalized spacial score (nSPS) is 12.3. The molecule has 0 aliphatic carbocycles. The highest BCUT2D eigenvalue weighted by atomic mass is 32.2. The number of hydrogen-bond donors (Lipinski definition) is 2. The number of amides is 1. The molecule has 0 aromatic heterocycles. The summed E-state index contributed by atoms with van der Waals surface area (Å²) < 4.78 is 25.0. The Kier molecular flexibility index (Phi) is 5.36. The van der Waals surface area contributed by atoms with E-state index in [0.29, 0.717) is 5.69 Å². The molecule has 0 aliphatic heterocycles. The van der Waals surface area contributed by atoms with Crippen molar-refractivity contribution in [2.75, 3.05) is 26.0 Å². The fourth-order valence-corrected chi connectivity index (χ4v) is 2.50. The van der Waals surface area contributed by atoms with E-state index in [0.717, 1.165) is 4.31 Å². The summed E-state index contributed by atoms with van der Waals surface area (Å²) in [5.41, 5.74) is 0.416. The smallest absolute Gasteiger partial charge is 0.242 e. The minimum atomic E-state index is -3.42. The van der Waals surface area contributed by atoms with Gasteiger partial charge in [0.05, 0.1) is 11.4 Å². The van der Waals surface area contributed by atoms with Gasteiger partial charge in [-0.1, -0.05) is 0 Å². The number of nitrogens with one attached hydrogen (secondary N) is 2. The molecule has 2 N–H and O–H groups in total. The molecule has 21 heavy (non-hydrogen) atoms. The van der Waals surface area contributed by atoms with Gasteiger partial charge in [0.25, 0.3) is 0 Å². The van der Waals surface area contributed by atoms with Crippen LogP contribution in [0.25, 0.3) is 0 Å². The summed E-state index contributed by atoms with van der Waals surface area (Å²) in [6.07, 6.45) is 0. The first-order valence-electron chi connectivity index (χ1n) is 6.60. The molecular formula is C14H23N3O3S. The lowest BCUT2D eigenvalue weighted by Gasteiger charge is -2.20. The highest BCUT2D eigenvalue weighted by Crippen LogP contribution is 2.16. The predicted octanol–water partition coefficient (Wildman–Crippen LogP) is 1.26. The zero-order chi connectivity index (χ0) is 16.3. The maximum Gasteiger partial charge on any atom is 0.242 e. The fourth-order valence-electron chi connectivity index (χ4n) is 1.60. The van der Waals surface area contributed by atoms with E-state index in [4.69, 9.17) is 0 Å². The van der Waals surface area contributed by atoms with Gasteiger partial charge in [0.15, 0.2) is 0 Å². The molecule has 0 aliphatic rings. The van der Waals surface area contributed by atoms with Gasteiger partial charge in [0, 0.05) is 25.3 Å². The number of benzene rings is 1. The van der Waals surface area contributed by atoms with E-state index in [1.807, 2.05) is 20.8 Å². The Hall–Kier alpha value is -1.60. The molecule has 7 heteroatoms. The maximum atomic E-state index is 11.9. The molecule has 1 aromatic carbocycles. The van der Waals surface area contributed by atoms with Gasteiger partial charge in [-0.05, 0) is 45.0 Å². The van der Waals surface area contributed by atoms with Crippen molar-refractivity contribution >= 4 is 21.6 Å². The topological polar surface area (TPSA) is 78.5 Å². The molecular weight excluding hydrogens is 290 g/mol. The van der Waals surface area contributed by atoms with E-state index >= 15 is 0 Å². The minimum absolute atomic E-state index is 0.118. The molecule has 1 aromatic rings. The number of anilines is 1. The molecule has 0 spiro atoms. The zero-order valence-electron chi connectivity index (χ0n) is 13.1. The first-order chi connectivity index (χ1) is 9.52. The summed E-state index contributed by atoms with van der Waals surface area (Å²) in [6, 6.07) is 6.31. The Morgan fingerprint density at radius 3 is 2.10 bits per heavy atom. The third-order valence-electron chi connectivity index (χ3n) is 2.60. The van der Waals surface area contributed by atoms with Crippen LogP contribution in [0.4, 0.5) is 5.69 Å². The molecule has 0 radical (unpaired) electrons. The second-order valence-corrected chi connectivity index (χ2v) is 8.12. The van der Waals surface area contributed by atoms with E-state index in [-0.39, 0.29) is 22.9 Å². The standard InChI is InChI=1S/C14H23N3O3S/c1-14(2,3)16-13(18)10-15-11-6-8-12(9-7-11)21(19,20)17(4)5/h6-9,15H,10H2,1-5H3,(H,16,18). The lowest BCUT2D eigenvalue weighted by atomic mass is 10.1. The van der Waals surface area contributed by atoms with Gasteiger partial charge in [-0.25, -0.2) is 12.7 Å². The van der Waals surface area contributed by atoms with Crippen molar-refractivity contribution in [1.29, 1.82) is 0 Å². The molecule has 6 nitrogen and oxygen atoms in total. The predicted molar refractivity (Wildman–Crippen MR) is 83.7 cm³/mol. The molecule has 0 bridgehead atoms. The van der Waals surface area contributed by atoms with Gasteiger partial charge in [-0.2, -0.15) is 0 Å². The van der Waals surface area contributed by atoms with Gasteiger partial charge in [0.2, 0.25) is 15.9 Å². The second-order valence-electron chi connectivity index (χ2n) is 5.96. The van der Waals surface area contributed by atoms with Crippen LogP contribution in [0.15, 0.2) is 29.2 Å². The number of rotatable bonds is 5. The van der Waals surface area contributed by atoms with Crippen molar-refractivity contribution in [1.82, 2.24) is 9.62 Å². The lowest BCUT2D eigenvalue weighted by Crippen LogP contribution is -2.43. The molecule has 0 saturated carbocycles. The van der Waals surface area contributed by atoms with Crippen LogP contribution >= 0.6 is 0 Å². The van der Waals surface area contributed by atoms with E-state index in [9.17, 15) is 13.2 Å². The van der Waals surface area contributed by atoms with Gasteiger partial charge in [0.1, 0.15) is 0 Å². The lowest BCUT2D eigenvalue weighted by molar-refractivity contribution is -0.120. The van der Waals surface area contributed by atoms with E-state index in [1.54, 1.807) is 12.1 Å². The molecule has 0 saturated heterocycles. The Balaban J connectivity index is 2.66. The Morgan fingerprint density at radius 1 is 1.14 bits per heavy atom. The molecule has 118 valence electrons. The zero-order valence-corrected chi connectivity index (χ0v) is 13.9. The summed E-state index contributed by atoms with van der Waals surface area (Å²) in [6.45, 7) is 5.86. The third-order valence-corrected chi connectivity index (χ3v) is 4.43. The number of carbonyl (C=O) groups is 1. The van der Waals surface area contributed by atoms with E-state index in [1.165, 1.54) is 26.2 Å². The van der Waals surface area contributed by atoms with Crippen LogP contribution in [0.3, 0.4) is 0 Å². The first-order valence-corrected chi connectivity index (χ1v) is 8.04.